The molecule has 0 radical (unpaired) electrons. The number of aliphatic hydroxyl groups excluding tert-OH is 1. The zero-order chi connectivity index (χ0) is 18.0. The van der Waals surface area contributed by atoms with Crippen LogP contribution in [0.25, 0.3) is 0 Å². The van der Waals surface area contributed by atoms with E-state index in [2.05, 4.69) is 12.2 Å². The molecule has 0 aliphatic carbocycles. The van der Waals surface area contributed by atoms with E-state index in [0.717, 1.165) is 12.8 Å². The lowest BCUT2D eigenvalue weighted by Crippen LogP contribution is -2.31. The number of carbonyl (C=O) groups is 2. The van der Waals surface area contributed by atoms with Crippen molar-refractivity contribution in [2.24, 2.45) is 0 Å². The standard InChI is InChI=1S/C19H37NO4/c1-2-3-4-5-6-7-8-9-10-11-12-13-14-17(21)15-18(22)20-16-19(23)24/h17,21H,2-16H2,1H3,(H,20,22)(H,23,24). The van der Waals surface area contributed by atoms with Crippen molar-refractivity contribution in [2.45, 2.75) is 103 Å². The van der Waals surface area contributed by atoms with Gasteiger partial charge in [0.2, 0.25) is 5.91 Å². The van der Waals surface area contributed by atoms with Crippen LogP contribution in [0, 0.1) is 0 Å². The molecule has 0 aromatic rings. The Labute approximate surface area is 147 Å². The fourth-order valence-electron chi connectivity index (χ4n) is 2.78. The highest BCUT2D eigenvalue weighted by atomic mass is 16.4. The fraction of sp³-hybridized carbons (Fsp3) is 0.895. The predicted octanol–water partition coefficient (Wildman–Crippen LogP) is 4.03. The first-order valence-corrected chi connectivity index (χ1v) is 9.72. The first kappa shape index (κ1) is 22.9. The van der Waals surface area contributed by atoms with Crippen molar-refractivity contribution in [3.63, 3.8) is 0 Å². The Hall–Kier alpha value is -1.10. The zero-order valence-corrected chi connectivity index (χ0v) is 15.4. The number of amides is 1. The van der Waals surface area contributed by atoms with Crippen LogP contribution in [0.1, 0.15) is 96.8 Å². The maximum atomic E-state index is 11.3. The van der Waals surface area contributed by atoms with Gasteiger partial charge in [0.25, 0.3) is 0 Å². The van der Waals surface area contributed by atoms with Gasteiger partial charge in [0.15, 0.2) is 0 Å². The summed E-state index contributed by atoms with van der Waals surface area (Å²) in [6.45, 7) is 1.86. The third-order valence-corrected chi connectivity index (χ3v) is 4.25. The van der Waals surface area contributed by atoms with E-state index in [0.29, 0.717) is 6.42 Å². The molecule has 1 amide bonds. The monoisotopic (exact) mass is 343 g/mol. The summed E-state index contributed by atoms with van der Waals surface area (Å²) in [5.41, 5.74) is 0. The summed E-state index contributed by atoms with van der Waals surface area (Å²) in [6, 6.07) is 0. The number of nitrogens with one attached hydrogen (secondary N) is 1. The Morgan fingerprint density at radius 2 is 1.29 bits per heavy atom. The molecule has 5 heteroatoms. The smallest absolute Gasteiger partial charge is 0.322 e. The molecular weight excluding hydrogens is 306 g/mol. The largest absolute Gasteiger partial charge is 0.480 e. The van der Waals surface area contributed by atoms with E-state index < -0.39 is 18.0 Å². The molecule has 0 aromatic carbocycles. The number of hydrogen-bond acceptors (Lipinski definition) is 3. The maximum absolute atomic E-state index is 11.3. The highest BCUT2D eigenvalue weighted by Gasteiger charge is 2.11. The van der Waals surface area contributed by atoms with Crippen molar-refractivity contribution in [1.82, 2.24) is 5.32 Å². The lowest BCUT2D eigenvalue weighted by molar-refractivity contribution is -0.138. The second-order valence-corrected chi connectivity index (χ2v) is 6.71. The lowest BCUT2D eigenvalue weighted by atomic mass is 10.0. The minimum atomic E-state index is -1.07. The van der Waals surface area contributed by atoms with E-state index >= 15 is 0 Å². The van der Waals surface area contributed by atoms with E-state index in [4.69, 9.17) is 5.11 Å². The topological polar surface area (TPSA) is 86.6 Å². The molecule has 0 fully saturated rings. The van der Waals surface area contributed by atoms with Crippen LogP contribution in [0.3, 0.4) is 0 Å². The van der Waals surface area contributed by atoms with Crippen LogP contribution in [-0.4, -0.2) is 34.7 Å². The zero-order valence-electron chi connectivity index (χ0n) is 15.4. The van der Waals surface area contributed by atoms with E-state index in [1.807, 2.05) is 0 Å². The fourth-order valence-corrected chi connectivity index (χ4v) is 2.78. The summed E-state index contributed by atoms with van der Waals surface area (Å²) in [5, 5.41) is 20.4. The number of carboxylic acids is 1. The molecule has 0 bridgehead atoms. The van der Waals surface area contributed by atoms with Gasteiger partial charge in [0.1, 0.15) is 6.54 Å². The highest BCUT2D eigenvalue weighted by Crippen LogP contribution is 2.13. The van der Waals surface area contributed by atoms with Crippen LogP contribution < -0.4 is 5.32 Å². The predicted molar refractivity (Wildman–Crippen MR) is 97.0 cm³/mol. The molecule has 3 N–H and O–H groups in total. The summed E-state index contributed by atoms with van der Waals surface area (Å²) < 4.78 is 0. The SMILES string of the molecule is CCCCCCCCCCCCCCC(O)CC(=O)NCC(=O)O. The molecule has 0 rings (SSSR count). The van der Waals surface area contributed by atoms with Crippen LogP contribution in [-0.2, 0) is 9.59 Å². The number of aliphatic carboxylic acids is 1. The average Bonchev–Trinajstić information content (AvgIpc) is 2.54. The van der Waals surface area contributed by atoms with Crippen molar-refractivity contribution in [3.05, 3.63) is 0 Å². The second kappa shape index (κ2) is 16.7. The van der Waals surface area contributed by atoms with Gasteiger partial charge < -0.3 is 15.5 Å². The molecule has 0 saturated carbocycles. The number of rotatable bonds is 17. The third kappa shape index (κ3) is 17.3. The van der Waals surface area contributed by atoms with Crippen LogP contribution in [0.15, 0.2) is 0 Å². The van der Waals surface area contributed by atoms with Crippen molar-refractivity contribution >= 4 is 11.9 Å². The molecule has 0 aromatic heterocycles. The van der Waals surface area contributed by atoms with Crippen LogP contribution in [0.4, 0.5) is 0 Å². The van der Waals surface area contributed by atoms with E-state index in [1.54, 1.807) is 0 Å². The molecule has 0 aliphatic rings. The first-order valence-electron chi connectivity index (χ1n) is 9.72. The molecule has 1 atom stereocenters. The molecular formula is C19H37NO4. The highest BCUT2D eigenvalue weighted by molar-refractivity contribution is 5.81. The Morgan fingerprint density at radius 3 is 1.75 bits per heavy atom. The number of unbranched alkanes of at least 4 members (excludes halogenated alkanes) is 11. The van der Waals surface area contributed by atoms with Crippen LogP contribution in [0.5, 0.6) is 0 Å². The molecule has 0 heterocycles. The van der Waals surface area contributed by atoms with Crippen molar-refractivity contribution in [2.75, 3.05) is 6.54 Å². The molecule has 0 saturated heterocycles. The summed E-state index contributed by atoms with van der Waals surface area (Å²) in [4.78, 5) is 21.7. The van der Waals surface area contributed by atoms with Gasteiger partial charge in [-0.25, -0.2) is 0 Å². The summed E-state index contributed by atoms with van der Waals surface area (Å²) >= 11 is 0. The van der Waals surface area contributed by atoms with Gasteiger partial charge in [-0.3, -0.25) is 9.59 Å². The van der Waals surface area contributed by atoms with E-state index in [1.165, 1.54) is 64.2 Å². The summed E-state index contributed by atoms with van der Waals surface area (Å²) in [6.07, 6.45) is 15.2. The Kier molecular flexibility index (Phi) is 16.0. The van der Waals surface area contributed by atoms with Gasteiger partial charge in [-0.2, -0.15) is 0 Å². The lowest BCUT2D eigenvalue weighted by Gasteiger charge is -2.10. The van der Waals surface area contributed by atoms with Crippen LogP contribution >= 0.6 is 0 Å². The quantitative estimate of drug-likeness (QED) is 0.348. The number of carbonyl (C=O) groups excluding carboxylic acids is 1. The summed E-state index contributed by atoms with van der Waals surface area (Å²) in [5.74, 6) is -1.47. The summed E-state index contributed by atoms with van der Waals surface area (Å²) in [7, 11) is 0. The van der Waals surface area contributed by atoms with Crippen LogP contribution in [0.2, 0.25) is 0 Å². The van der Waals surface area contributed by atoms with E-state index in [-0.39, 0.29) is 13.0 Å². The van der Waals surface area contributed by atoms with E-state index in [9.17, 15) is 14.7 Å². The normalized spacial score (nSPS) is 12.1. The molecule has 24 heavy (non-hydrogen) atoms. The first-order chi connectivity index (χ1) is 11.6. The molecule has 5 nitrogen and oxygen atoms in total. The molecule has 0 spiro atoms. The molecule has 0 aliphatic heterocycles. The Morgan fingerprint density at radius 1 is 0.833 bits per heavy atom. The number of aliphatic hydroxyl groups is 1. The molecule has 1 unspecified atom stereocenters. The number of carboxylic acid groups (broad SMARTS) is 1. The Bertz CT molecular complexity index is 320. The minimum absolute atomic E-state index is 0.00862. The van der Waals surface area contributed by atoms with Gasteiger partial charge in [0.05, 0.1) is 12.5 Å². The second-order valence-electron chi connectivity index (χ2n) is 6.71. The van der Waals surface area contributed by atoms with Gasteiger partial charge in [0, 0.05) is 0 Å². The number of hydrogen-bond donors (Lipinski definition) is 3. The maximum Gasteiger partial charge on any atom is 0.322 e. The minimum Gasteiger partial charge on any atom is -0.480 e. The van der Waals surface area contributed by atoms with Gasteiger partial charge in [-0.1, -0.05) is 84.0 Å². The third-order valence-electron chi connectivity index (χ3n) is 4.25. The van der Waals surface area contributed by atoms with Crippen molar-refractivity contribution in [1.29, 1.82) is 0 Å². The van der Waals surface area contributed by atoms with Crippen molar-refractivity contribution < 1.29 is 19.8 Å². The van der Waals surface area contributed by atoms with Gasteiger partial charge >= 0.3 is 5.97 Å². The van der Waals surface area contributed by atoms with Gasteiger partial charge in [-0.05, 0) is 6.42 Å². The van der Waals surface area contributed by atoms with Gasteiger partial charge in [-0.15, -0.1) is 0 Å². The van der Waals surface area contributed by atoms with Crippen molar-refractivity contribution in [3.8, 4) is 0 Å². The Balaban J connectivity index is 3.28. The average molecular weight is 344 g/mol. The molecule has 142 valence electrons.